The first-order valence-corrected chi connectivity index (χ1v) is 6.82. The van der Waals surface area contributed by atoms with Crippen LogP contribution < -0.4 is 5.32 Å². The Morgan fingerprint density at radius 1 is 1.12 bits per heavy atom. The van der Waals surface area contributed by atoms with Crippen LogP contribution in [-0.4, -0.2) is 11.8 Å². The third-order valence-electron chi connectivity index (χ3n) is 3.96. The van der Waals surface area contributed by atoms with Gasteiger partial charge in [-0.15, -0.1) is 0 Å². The van der Waals surface area contributed by atoms with Gasteiger partial charge in [0.25, 0.3) is 0 Å². The van der Waals surface area contributed by atoms with Gasteiger partial charge in [0.1, 0.15) is 0 Å². The average molecular weight is 239 g/mol. The van der Waals surface area contributed by atoms with E-state index in [1.165, 1.54) is 12.8 Å². The number of amides is 2. The van der Waals surface area contributed by atoms with Crippen molar-refractivity contribution in [2.24, 2.45) is 11.3 Å². The summed E-state index contributed by atoms with van der Waals surface area (Å²) < 4.78 is 0. The molecule has 1 rings (SSSR count). The molecule has 0 aromatic carbocycles. The summed E-state index contributed by atoms with van der Waals surface area (Å²) in [6, 6.07) is 0. The first-order chi connectivity index (χ1) is 7.97. The van der Waals surface area contributed by atoms with E-state index in [1.54, 1.807) is 0 Å². The highest BCUT2D eigenvalue weighted by molar-refractivity contribution is 5.98. The Hall–Kier alpha value is -0.860. The summed E-state index contributed by atoms with van der Waals surface area (Å²) in [6.07, 6.45) is 7.29. The van der Waals surface area contributed by atoms with Crippen LogP contribution in [0.4, 0.5) is 0 Å². The second-order valence-corrected chi connectivity index (χ2v) is 5.74. The van der Waals surface area contributed by atoms with Crippen molar-refractivity contribution in [2.75, 3.05) is 0 Å². The summed E-state index contributed by atoms with van der Waals surface area (Å²) in [7, 11) is 0. The van der Waals surface area contributed by atoms with Crippen molar-refractivity contribution < 1.29 is 9.59 Å². The van der Waals surface area contributed by atoms with Crippen molar-refractivity contribution in [1.82, 2.24) is 5.32 Å². The van der Waals surface area contributed by atoms with Crippen LogP contribution in [0.5, 0.6) is 0 Å². The van der Waals surface area contributed by atoms with Crippen LogP contribution in [-0.2, 0) is 9.59 Å². The molecule has 1 aliphatic rings. The predicted octanol–water partition coefficient (Wildman–Crippen LogP) is 3.04. The number of hydrogen-bond acceptors (Lipinski definition) is 2. The van der Waals surface area contributed by atoms with E-state index in [-0.39, 0.29) is 17.7 Å². The smallest absolute Gasteiger partial charge is 0.232 e. The zero-order valence-corrected chi connectivity index (χ0v) is 11.3. The summed E-state index contributed by atoms with van der Waals surface area (Å²) in [5.74, 6) is -0.137. The molecule has 0 atom stereocenters. The Labute approximate surface area is 104 Å². The molecule has 98 valence electrons. The molecule has 3 heteroatoms. The molecule has 17 heavy (non-hydrogen) atoms. The first-order valence-electron chi connectivity index (χ1n) is 6.82. The van der Waals surface area contributed by atoms with Crippen LogP contribution in [0, 0.1) is 11.3 Å². The standard InChI is InChI=1S/C14H25NO2/c1-4-14(2,3)13(17)15-12(16)11-9-7-5-6-8-10-11/h11H,4-10H2,1-3H3,(H,15,16,17). The number of carbonyl (C=O) groups is 2. The molecule has 0 radical (unpaired) electrons. The largest absolute Gasteiger partial charge is 0.296 e. The predicted molar refractivity (Wildman–Crippen MR) is 68.4 cm³/mol. The fraction of sp³-hybridized carbons (Fsp3) is 0.857. The summed E-state index contributed by atoms with van der Waals surface area (Å²) in [5, 5.41) is 2.59. The summed E-state index contributed by atoms with van der Waals surface area (Å²) >= 11 is 0. The molecule has 0 spiro atoms. The van der Waals surface area contributed by atoms with E-state index in [1.807, 2.05) is 20.8 Å². The molecule has 0 aliphatic heterocycles. The normalized spacial score (nSPS) is 18.5. The number of hydrogen-bond donors (Lipinski definition) is 1. The molecule has 0 bridgehead atoms. The third kappa shape index (κ3) is 4.14. The highest BCUT2D eigenvalue weighted by Gasteiger charge is 2.29. The maximum Gasteiger partial charge on any atom is 0.232 e. The minimum atomic E-state index is -0.444. The van der Waals surface area contributed by atoms with Gasteiger partial charge in [-0.1, -0.05) is 46.5 Å². The maximum atomic E-state index is 12.0. The van der Waals surface area contributed by atoms with E-state index in [0.29, 0.717) is 0 Å². The molecule has 2 amide bonds. The van der Waals surface area contributed by atoms with Gasteiger partial charge >= 0.3 is 0 Å². The Bertz CT molecular complexity index is 276. The lowest BCUT2D eigenvalue weighted by atomic mass is 9.88. The molecular formula is C14H25NO2. The van der Waals surface area contributed by atoms with Gasteiger partial charge in [-0.3, -0.25) is 14.9 Å². The van der Waals surface area contributed by atoms with E-state index >= 15 is 0 Å². The maximum absolute atomic E-state index is 12.0. The van der Waals surface area contributed by atoms with E-state index in [4.69, 9.17) is 0 Å². The fourth-order valence-corrected chi connectivity index (χ4v) is 2.09. The van der Waals surface area contributed by atoms with Crippen LogP contribution in [0.1, 0.15) is 65.7 Å². The van der Waals surface area contributed by atoms with Gasteiger partial charge in [0.05, 0.1) is 0 Å². The van der Waals surface area contributed by atoms with Gasteiger partial charge in [-0.05, 0) is 19.3 Å². The summed E-state index contributed by atoms with van der Waals surface area (Å²) in [5.41, 5.74) is -0.444. The third-order valence-corrected chi connectivity index (χ3v) is 3.96. The van der Waals surface area contributed by atoms with Gasteiger partial charge in [0, 0.05) is 11.3 Å². The first kappa shape index (κ1) is 14.2. The highest BCUT2D eigenvalue weighted by atomic mass is 16.2. The van der Waals surface area contributed by atoms with Crippen molar-refractivity contribution in [3.63, 3.8) is 0 Å². The minimum Gasteiger partial charge on any atom is -0.296 e. The van der Waals surface area contributed by atoms with E-state index in [2.05, 4.69) is 5.32 Å². The van der Waals surface area contributed by atoms with Crippen molar-refractivity contribution in [3.05, 3.63) is 0 Å². The van der Waals surface area contributed by atoms with Crippen molar-refractivity contribution >= 4 is 11.8 Å². The van der Waals surface area contributed by atoms with Gasteiger partial charge in [0.15, 0.2) is 0 Å². The Morgan fingerprint density at radius 3 is 2.12 bits per heavy atom. The van der Waals surface area contributed by atoms with Crippen LogP contribution >= 0.6 is 0 Å². The fourth-order valence-electron chi connectivity index (χ4n) is 2.09. The molecule has 1 aliphatic carbocycles. The molecule has 1 saturated carbocycles. The number of carbonyl (C=O) groups excluding carboxylic acids is 2. The van der Waals surface area contributed by atoms with Crippen LogP contribution in [0.25, 0.3) is 0 Å². The SMILES string of the molecule is CCC(C)(C)C(=O)NC(=O)C1CCCCCC1. The molecule has 1 N–H and O–H groups in total. The van der Waals surface area contributed by atoms with Gasteiger partial charge in [0.2, 0.25) is 11.8 Å². The van der Waals surface area contributed by atoms with E-state index in [0.717, 1.165) is 32.1 Å². The summed E-state index contributed by atoms with van der Waals surface area (Å²) in [4.78, 5) is 23.9. The van der Waals surface area contributed by atoms with Gasteiger partial charge in [-0.25, -0.2) is 0 Å². The lowest BCUT2D eigenvalue weighted by molar-refractivity contribution is -0.137. The number of imide groups is 1. The molecule has 0 heterocycles. The quantitative estimate of drug-likeness (QED) is 0.769. The number of rotatable bonds is 3. The van der Waals surface area contributed by atoms with Crippen molar-refractivity contribution in [3.8, 4) is 0 Å². The number of nitrogens with one attached hydrogen (secondary N) is 1. The van der Waals surface area contributed by atoms with Crippen LogP contribution in [0.15, 0.2) is 0 Å². The van der Waals surface area contributed by atoms with E-state index < -0.39 is 5.41 Å². The monoisotopic (exact) mass is 239 g/mol. The Kier molecular flexibility index (Phi) is 5.16. The van der Waals surface area contributed by atoms with Crippen molar-refractivity contribution in [1.29, 1.82) is 0 Å². The Morgan fingerprint density at radius 2 is 1.65 bits per heavy atom. The van der Waals surface area contributed by atoms with Gasteiger partial charge in [-0.2, -0.15) is 0 Å². The zero-order chi connectivity index (χ0) is 12.9. The van der Waals surface area contributed by atoms with Crippen LogP contribution in [0.3, 0.4) is 0 Å². The zero-order valence-electron chi connectivity index (χ0n) is 11.3. The molecule has 0 aromatic rings. The molecule has 1 fully saturated rings. The van der Waals surface area contributed by atoms with E-state index in [9.17, 15) is 9.59 Å². The lowest BCUT2D eigenvalue weighted by Crippen LogP contribution is -2.42. The Balaban J connectivity index is 2.50. The topological polar surface area (TPSA) is 46.2 Å². The van der Waals surface area contributed by atoms with Crippen molar-refractivity contribution in [2.45, 2.75) is 65.7 Å². The summed E-state index contributed by atoms with van der Waals surface area (Å²) in [6.45, 7) is 5.72. The minimum absolute atomic E-state index is 0.0501. The highest BCUT2D eigenvalue weighted by Crippen LogP contribution is 2.24. The molecule has 0 aromatic heterocycles. The molecule has 3 nitrogen and oxygen atoms in total. The second kappa shape index (κ2) is 6.18. The van der Waals surface area contributed by atoms with Crippen LogP contribution in [0.2, 0.25) is 0 Å². The van der Waals surface area contributed by atoms with Gasteiger partial charge < -0.3 is 0 Å². The second-order valence-electron chi connectivity index (χ2n) is 5.74. The molecule has 0 unspecified atom stereocenters. The molecular weight excluding hydrogens is 214 g/mol. The average Bonchev–Trinajstić information content (AvgIpc) is 2.57. The lowest BCUT2D eigenvalue weighted by Gasteiger charge is -2.22. The molecule has 0 saturated heterocycles.